The lowest BCUT2D eigenvalue weighted by molar-refractivity contribution is -0.929. The Balaban J connectivity index is 0. The number of aliphatic hydroxyl groups is 3. The van der Waals surface area contributed by atoms with Gasteiger partial charge in [0.15, 0.2) is 0 Å². The molecule has 0 amide bonds. The highest BCUT2D eigenvalue weighted by Crippen LogP contribution is 2.11. The minimum absolute atomic E-state index is 0. The Morgan fingerprint density at radius 2 is 1.05 bits per heavy atom. The Labute approximate surface area is 128 Å². The van der Waals surface area contributed by atoms with Crippen molar-refractivity contribution < 1.29 is 36.8 Å². The van der Waals surface area contributed by atoms with Crippen molar-refractivity contribution in [1.82, 2.24) is 0 Å². The molecule has 0 saturated carbocycles. The molecule has 3 N–H and O–H groups in total. The summed E-state index contributed by atoms with van der Waals surface area (Å²) in [5.41, 5.74) is 0. The van der Waals surface area contributed by atoms with Gasteiger partial charge in [0.25, 0.3) is 0 Å². The zero-order valence-electron chi connectivity index (χ0n) is 12.4. The first-order valence-corrected chi connectivity index (χ1v) is 7.42. The lowest BCUT2D eigenvalue weighted by atomic mass is 10.1. The second-order valence-corrected chi connectivity index (χ2v) is 5.17. The highest BCUT2D eigenvalue weighted by Gasteiger charge is 2.25. The van der Waals surface area contributed by atoms with Gasteiger partial charge in [-0.05, 0) is 12.8 Å². The first kappa shape index (κ1) is 21.6. The van der Waals surface area contributed by atoms with Gasteiger partial charge in [-0.3, -0.25) is 0 Å². The molecule has 4 nitrogen and oxygen atoms in total. The molecule has 5 heteroatoms. The maximum atomic E-state index is 9.15. The summed E-state index contributed by atoms with van der Waals surface area (Å²) in [4.78, 5) is 0. The molecule has 0 aromatic rings. The van der Waals surface area contributed by atoms with Gasteiger partial charge < -0.3 is 36.8 Å². The van der Waals surface area contributed by atoms with E-state index in [-0.39, 0.29) is 36.8 Å². The molecule has 0 radical (unpaired) electrons. The van der Waals surface area contributed by atoms with E-state index in [4.69, 9.17) is 15.3 Å². The van der Waals surface area contributed by atoms with Gasteiger partial charge in [0.05, 0.1) is 26.4 Å². The van der Waals surface area contributed by atoms with Crippen LogP contribution in [0.15, 0.2) is 0 Å². The van der Waals surface area contributed by atoms with E-state index in [0.717, 1.165) is 13.0 Å². The molecule has 0 aliphatic rings. The third-order valence-corrected chi connectivity index (χ3v) is 3.71. The largest absolute Gasteiger partial charge is 1.00 e. The third kappa shape index (κ3) is 10.7. The average Bonchev–Trinajstić information content (AvgIpc) is 2.35. The van der Waals surface area contributed by atoms with Crippen molar-refractivity contribution in [2.75, 3.05) is 46.0 Å². The Morgan fingerprint density at radius 3 is 1.47 bits per heavy atom. The van der Waals surface area contributed by atoms with Crippen LogP contribution in [-0.2, 0) is 0 Å². The van der Waals surface area contributed by atoms with Crippen LogP contribution in [-0.4, -0.2) is 65.8 Å². The van der Waals surface area contributed by atoms with Crippen LogP contribution in [0, 0.1) is 0 Å². The van der Waals surface area contributed by atoms with Crippen molar-refractivity contribution in [3.8, 4) is 0 Å². The number of nitrogens with zero attached hydrogens (tertiary/aromatic N) is 1. The summed E-state index contributed by atoms with van der Waals surface area (Å²) >= 11 is 0. The summed E-state index contributed by atoms with van der Waals surface area (Å²) in [6, 6.07) is 0. The van der Waals surface area contributed by atoms with Crippen molar-refractivity contribution in [3.05, 3.63) is 0 Å². The van der Waals surface area contributed by atoms with Crippen LogP contribution in [0.2, 0.25) is 0 Å². The molecule has 0 fully saturated rings. The Kier molecular flexibility index (Phi) is 16.8. The monoisotopic (exact) mass is 341 g/mol. The normalized spacial score (nSPS) is 11.4. The highest BCUT2D eigenvalue weighted by atomic mass is 79.9. The van der Waals surface area contributed by atoms with Gasteiger partial charge in [0.2, 0.25) is 0 Å². The highest BCUT2D eigenvalue weighted by molar-refractivity contribution is 4.49. The zero-order chi connectivity index (χ0) is 13.7. The van der Waals surface area contributed by atoms with Gasteiger partial charge in [0, 0.05) is 0 Å². The fourth-order valence-corrected chi connectivity index (χ4v) is 2.53. The van der Waals surface area contributed by atoms with Crippen LogP contribution in [0.5, 0.6) is 0 Å². The van der Waals surface area contributed by atoms with Crippen LogP contribution >= 0.6 is 0 Å². The molecule has 0 saturated heterocycles. The van der Waals surface area contributed by atoms with Crippen molar-refractivity contribution >= 4 is 0 Å². The Morgan fingerprint density at radius 1 is 0.632 bits per heavy atom. The minimum Gasteiger partial charge on any atom is -1.00 e. The quantitative estimate of drug-likeness (QED) is 0.272. The lowest BCUT2D eigenvalue weighted by Gasteiger charge is -2.37. The van der Waals surface area contributed by atoms with Gasteiger partial charge in [-0.2, -0.15) is 0 Å². The molecule has 118 valence electrons. The minimum atomic E-state index is 0. The number of hydrogen-bond acceptors (Lipinski definition) is 3. The second-order valence-electron chi connectivity index (χ2n) is 5.17. The predicted molar refractivity (Wildman–Crippen MR) is 74.4 cm³/mol. The third-order valence-electron chi connectivity index (χ3n) is 3.71. The van der Waals surface area contributed by atoms with Gasteiger partial charge in [-0.25, -0.2) is 0 Å². The molecule has 0 aromatic heterocycles. The number of rotatable bonds is 13. The number of halogens is 1. The van der Waals surface area contributed by atoms with E-state index in [0.29, 0.717) is 24.1 Å². The summed E-state index contributed by atoms with van der Waals surface area (Å²) in [5.74, 6) is 0. The van der Waals surface area contributed by atoms with Crippen molar-refractivity contribution in [1.29, 1.82) is 0 Å². The Hall–Kier alpha value is 0.320. The molecule has 0 aromatic carbocycles. The first-order chi connectivity index (χ1) is 8.74. The maximum Gasteiger partial charge on any atom is 0.102 e. The average molecular weight is 342 g/mol. The van der Waals surface area contributed by atoms with Crippen LogP contribution in [0.25, 0.3) is 0 Å². The SMILES string of the molecule is CCCCCCCC[N+](CCO)(CCO)CCO.[Br-]. The zero-order valence-corrected chi connectivity index (χ0v) is 13.9. The molecular weight excluding hydrogens is 310 g/mol. The Bertz CT molecular complexity index is 165. The summed E-state index contributed by atoms with van der Waals surface area (Å²) in [5, 5.41) is 27.4. The summed E-state index contributed by atoms with van der Waals surface area (Å²) in [6.07, 6.45) is 7.47. The van der Waals surface area contributed by atoms with Gasteiger partial charge in [0.1, 0.15) is 19.6 Å². The topological polar surface area (TPSA) is 60.7 Å². The number of hydrogen-bond donors (Lipinski definition) is 3. The molecule has 19 heavy (non-hydrogen) atoms. The first-order valence-electron chi connectivity index (χ1n) is 7.42. The van der Waals surface area contributed by atoms with Crippen LogP contribution in [0.4, 0.5) is 0 Å². The van der Waals surface area contributed by atoms with Crippen LogP contribution < -0.4 is 17.0 Å². The van der Waals surface area contributed by atoms with Crippen molar-refractivity contribution in [2.24, 2.45) is 0 Å². The molecule has 0 aliphatic heterocycles. The van der Waals surface area contributed by atoms with E-state index >= 15 is 0 Å². The fourth-order valence-electron chi connectivity index (χ4n) is 2.53. The van der Waals surface area contributed by atoms with E-state index in [1.165, 1.54) is 32.1 Å². The molecule has 0 atom stereocenters. The standard InChI is InChI=1S/C14H32NO3.BrH/c1-2-3-4-5-6-7-8-15(9-12-16,10-13-17)11-14-18;/h16-18H,2-14H2,1H3;1H/q+1;/p-1. The summed E-state index contributed by atoms with van der Waals surface area (Å²) < 4.78 is 0.650. The van der Waals surface area contributed by atoms with E-state index in [1.807, 2.05) is 0 Å². The lowest BCUT2D eigenvalue weighted by Crippen LogP contribution is -3.00. The van der Waals surface area contributed by atoms with Gasteiger partial charge in [-0.15, -0.1) is 0 Å². The summed E-state index contributed by atoms with van der Waals surface area (Å²) in [7, 11) is 0. The van der Waals surface area contributed by atoms with E-state index < -0.39 is 0 Å². The van der Waals surface area contributed by atoms with Crippen LogP contribution in [0.3, 0.4) is 0 Å². The molecule has 0 unspecified atom stereocenters. The van der Waals surface area contributed by atoms with E-state index in [2.05, 4.69) is 6.92 Å². The predicted octanol–water partition coefficient (Wildman–Crippen LogP) is -1.86. The smallest absolute Gasteiger partial charge is 0.102 e. The fraction of sp³-hybridized carbons (Fsp3) is 1.00. The maximum absolute atomic E-state index is 9.15. The van der Waals surface area contributed by atoms with Crippen molar-refractivity contribution in [3.63, 3.8) is 0 Å². The number of quaternary nitrogens is 1. The van der Waals surface area contributed by atoms with E-state index in [1.54, 1.807) is 0 Å². The van der Waals surface area contributed by atoms with Gasteiger partial charge >= 0.3 is 0 Å². The van der Waals surface area contributed by atoms with Gasteiger partial charge in [-0.1, -0.05) is 32.6 Å². The summed E-state index contributed by atoms with van der Waals surface area (Å²) in [6.45, 7) is 5.43. The molecule has 0 spiro atoms. The van der Waals surface area contributed by atoms with E-state index in [9.17, 15) is 0 Å². The molecule has 0 aliphatic carbocycles. The van der Waals surface area contributed by atoms with Crippen LogP contribution in [0.1, 0.15) is 45.4 Å². The molecule has 0 rings (SSSR count). The molecule has 0 bridgehead atoms. The molecule has 0 heterocycles. The second kappa shape index (κ2) is 14.7. The van der Waals surface area contributed by atoms with Crippen molar-refractivity contribution in [2.45, 2.75) is 45.4 Å². The number of unbranched alkanes of at least 4 members (excludes halogenated alkanes) is 5. The molecular formula is C14H32BrNO3. The number of aliphatic hydroxyl groups excluding tert-OH is 3.